The Kier molecular flexibility index (Phi) is 5.46. The van der Waals surface area contributed by atoms with Gasteiger partial charge in [-0.05, 0) is 29.8 Å². The standard InChI is InChI=1S/C23H15F2N3O4/c24-15-7-6-13(8-16(15)25)18-10-26-17-9-14(12-4-2-1-3-5-12)22(31)20(21(17)28-18)23(32)27-11-19(29)30/h1-10,31H,11H2,(H,27,32)(H,29,30). The Morgan fingerprint density at radius 2 is 1.72 bits per heavy atom. The number of carbonyl (C=O) groups excluding carboxylic acids is 1. The molecular formula is C23H15F2N3O4. The molecule has 9 heteroatoms. The number of nitrogens with one attached hydrogen (secondary N) is 1. The monoisotopic (exact) mass is 435 g/mol. The summed E-state index contributed by atoms with van der Waals surface area (Å²) in [4.78, 5) is 32.3. The number of carboxylic acid groups (broad SMARTS) is 1. The summed E-state index contributed by atoms with van der Waals surface area (Å²) in [5.41, 5.74) is 1.19. The highest BCUT2D eigenvalue weighted by Crippen LogP contribution is 2.37. The zero-order valence-electron chi connectivity index (χ0n) is 16.3. The van der Waals surface area contributed by atoms with Crippen molar-refractivity contribution < 1.29 is 28.6 Å². The van der Waals surface area contributed by atoms with Gasteiger partial charge in [-0.1, -0.05) is 30.3 Å². The second-order valence-corrected chi connectivity index (χ2v) is 6.84. The van der Waals surface area contributed by atoms with Crippen molar-refractivity contribution in [3.05, 3.63) is 78.0 Å². The molecule has 1 amide bonds. The van der Waals surface area contributed by atoms with Crippen LogP contribution < -0.4 is 5.32 Å². The highest BCUT2D eigenvalue weighted by Gasteiger charge is 2.23. The van der Waals surface area contributed by atoms with E-state index in [2.05, 4.69) is 15.3 Å². The van der Waals surface area contributed by atoms with Crippen molar-refractivity contribution >= 4 is 22.9 Å². The topological polar surface area (TPSA) is 112 Å². The van der Waals surface area contributed by atoms with Crippen LogP contribution in [0.5, 0.6) is 5.75 Å². The third kappa shape index (κ3) is 3.95. The first-order chi connectivity index (χ1) is 15.3. The lowest BCUT2D eigenvalue weighted by molar-refractivity contribution is -0.135. The fourth-order valence-corrected chi connectivity index (χ4v) is 3.23. The average Bonchev–Trinajstić information content (AvgIpc) is 2.79. The molecule has 0 saturated carbocycles. The predicted octanol–water partition coefficient (Wildman–Crippen LogP) is 3.76. The Hall–Kier alpha value is -4.40. The number of aromatic nitrogens is 2. The van der Waals surface area contributed by atoms with Gasteiger partial charge in [0.1, 0.15) is 23.4 Å². The number of carboxylic acids is 1. The molecule has 0 aliphatic heterocycles. The molecule has 0 bridgehead atoms. The van der Waals surface area contributed by atoms with E-state index in [0.717, 1.165) is 12.1 Å². The number of amides is 1. The second-order valence-electron chi connectivity index (χ2n) is 6.84. The number of phenols is 1. The number of phenolic OH excluding ortho intramolecular Hbond substituents is 1. The molecule has 0 aliphatic rings. The van der Waals surface area contributed by atoms with E-state index in [1.165, 1.54) is 18.3 Å². The number of benzene rings is 3. The smallest absolute Gasteiger partial charge is 0.322 e. The lowest BCUT2D eigenvalue weighted by Crippen LogP contribution is -2.29. The highest BCUT2D eigenvalue weighted by atomic mass is 19.2. The van der Waals surface area contributed by atoms with E-state index in [1.54, 1.807) is 30.3 Å². The fourth-order valence-electron chi connectivity index (χ4n) is 3.23. The van der Waals surface area contributed by atoms with E-state index in [-0.39, 0.29) is 27.9 Å². The number of aliphatic carboxylic acids is 1. The van der Waals surface area contributed by atoms with Crippen LogP contribution in [0, 0.1) is 11.6 Å². The van der Waals surface area contributed by atoms with E-state index < -0.39 is 35.8 Å². The molecule has 0 atom stereocenters. The lowest BCUT2D eigenvalue weighted by Gasteiger charge is -2.14. The molecule has 0 radical (unpaired) electrons. The molecule has 0 spiro atoms. The van der Waals surface area contributed by atoms with Crippen LogP contribution in [0.25, 0.3) is 33.4 Å². The van der Waals surface area contributed by atoms with Crippen molar-refractivity contribution in [2.45, 2.75) is 0 Å². The Labute approximate surface area is 180 Å². The Balaban J connectivity index is 1.94. The van der Waals surface area contributed by atoms with E-state index in [9.17, 15) is 23.5 Å². The quantitative estimate of drug-likeness (QED) is 0.440. The van der Waals surface area contributed by atoms with Gasteiger partial charge in [-0.15, -0.1) is 0 Å². The van der Waals surface area contributed by atoms with Crippen molar-refractivity contribution in [1.29, 1.82) is 0 Å². The molecule has 7 nitrogen and oxygen atoms in total. The van der Waals surface area contributed by atoms with Crippen LogP contribution in [-0.4, -0.2) is 38.6 Å². The molecule has 3 aromatic carbocycles. The molecule has 0 fully saturated rings. The number of nitrogens with zero attached hydrogens (tertiary/aromatic N) is 2. The van der Waals surface area contributed by atoms with E-state index in [0.29, 0.717) is 11.1 Å². The summed E-state index contributed by atoms with van der Waals surface area (Å²) in [6, 6.07) is 13.5. The maximum atomic E-state index is 13.7. The maximum absolute atomic E-state index is 13.7. The van der Waals surface area contributed by atoms with E-state index >= 15 is 0 Å². The van der Waals surface area contributed by atoms with Gasteiger partial charge in [0.2, 0.25) is 0 Å². The van der Waals surface area contributed by atoms with Gasteiger partial charge in [0.15, 0.2) is 11.6 Å². The summed E-state index contributed by atoms with van der Waals surface area (Å²) >= 11 is 0. The van der Waals surface area contributed by atoms with Gasteiger partial charge in [-0.2, -0.15) is 0 Å². The minimum Gasteiger partial charge on any atom is -0.506 e. The Morgan fingerprint density at radius 3 is 2.41 bits per heavy atom. The average molecular weight is 435 g/mol. The predicted molar refractivity (Wildman–Crippen MR) is 112 cm³/mol. The van der Waals surface area contributed by atoms with Crippen LogP contribution in [0.15, 0.2) is 60.8 Å². The minimum absolute atomic E-state index is 0.0210. The van der Waals surface area contributed by atoms with Gasteiger partial charge in [-0.25, -0.2) is 13.8 Å². The molecule has 0 aliphatic carbocycles. The Morgan fingerprint density at radius 1 is 0.969 bits per heavy atom. The van der Waals surface area contributed by atoms with E-state index in [4.69, 9.17) is 5.11 Å². The number of rotatable bonds is 5. The van der Waals surface area contributed by atoms with Crippen LogP contribution in [0.2, 0.25) is 0 Å². The summed E-state index contributed by atoms with van der Waals surface area (Å²) in [5.74, 6) is -4.66. The first-order valence-corrected chi connectivity index (χ1v) is 9.38. The Bertz CT molecular complexity index is 1360. The second kappa shape index (κ2) is 8.38. The highest BCUT2D eigenvalue weighted by molar-refractivity contribution is 6.10. The molecule has 1 heterocycles. The summed E-state index contributed by atoms with van der Waals surface area (Å²) in [7, 11) is 0. The summed E-state index contributed by atoms with van der Waals surface area (Å²) in [5, 5.41) is 22.0. The number of hydrogen-bond donors (Lipinski definition) is 3. The van der Waals surface area contributed by atoms with E-state index in [1.807, 2.05) is 0 Å². The van der Waals surface area contributed by atoms with Crippen molar-refractivity contribution in [3.8, 4) is 28.1 Å². The molecule has 1 aromatic heterocycles. The third-order valence-corrected chi connectivity index (χ3v) is 4.74. The molecule has 32 heavy (non-hydrogen) atoms. The lowest BCUT2D eigenvalue weighted by atomic mass is 9.98. The van der Waals surface area contributed by atoms with Crippen LogP contribution in [0.3, 0.4) is 0 Å². The molecular weight excluding hydrogens is 420 g/mol. The van der Waals surface area contributed by atoms with Crippen LogP contribution >= 0.6 is 0 Å². The molecule has 160 valence electrons. The molecule has 4 aromatic rings. The summed E-state index contributed by atoms with van der Waals surface area (Å²) in [6.07, 6.45) is 1.33. The van der Waals surface area contributed by atoms with Crippen LogP contribution in [-0.2, 0) is 4.79 Å². The maximum Gasteiger partial charge on any atom is 0.322 e. The molecule has 0 unspecified atom stereocenters. The van der Waals surface area contributed by atoms with Crippen molar-refractivity contribution in [1.82, 2.24) is 15.3 Å². The van der Waals surface area contributed by atoms with Gasteiger partial charge in [0, 0.05) is 11.1 Å². The minimum atomic E-state index is -1.27. The van der Waals surface area contributed by atoms with Gasteiger partial charge >= 0.3 is 5.97 Å². The first kappa shape index (κ1) is 20.9. The first-order valence-electron chi connectivity index (χ1n) is 9.38. The normalized spacial score (nSPS) is 10.8. The SMILES string of the molecule is O=C(O)CNC(=O)c1c(O)c(-c2ccccc2)cc2ncc(-c3ccc(F)c(F)c3)nc12. The zero-order chi connectivity index (χ0) is 22.8. The zero-order valence-corrected chi connectivity index (χ0v) is 16.3. The molecule has 0 saturated heterocycles. The molecule has 4 rings (SSSR count). The van der Waals surface area contributed by atoms with Crippen LogP contribution in [0.4, 0.5) is 8.78 Å². The van der Waals surface area contributed by atoms with Crippen molar-refractivity contribution in [2.24, 2.45) is 0 Å². The van der Waals surface area contributed by atoms with Crippen molar-refractivity contribution in [3.63, 3.8) is 0 Å². The number of aromatic hydroxyl groups is 1. The molecule has 3 N–H and O–H groups in total. The largest absolute Gasteiger partial charge is 0.506 e. The fraction of sp³-hybridized carbons (Fsp3) is 0.0435. The van der Waals surface area contributed by atoms with Crippen LogP contribution in [0.1, 0.15) is 10.4 Å². The van der Waals surface area contributed by atoms with Crippen molar-refractivity contribution in [2.75, 3.05) is 6.54 Å². The van der Waals surface area contributed by atoms with Gasteiger partial charge < -0.3 is 15.5 Å². The number of fused-ring (bicyclic) bond motifs is 1. The van der Waals surface area contributed by atoms with Gasteiger partial charge in [-0.3, -0.25) is 14.6 Å². The summed E-state index contributed by atoms with van der Waals surface area (Å²) in [6.45, 7) is -0.675. The van der Waals surface area contributed by atoms with Gasteiger partial charge in [0.25, 0.3) is 5.91 Å². The number of carbonyl (C=O) groups is 2. The number of halogens is 2. The van der Waals surface area contributed by atoms with Gasteiger partial charge in [0.05, 0.1) is 17.4 Å². The summed E-state index contributed by atoms with van der Waals surface area (Å²) < 4.78 is 27.0. The number of hydrogen-bond acceptors (Lipinski definition) is 5. The third-order valence-electron chi connectivity index (χ3n) is 4.74.